The number of benzene rings is 1. The Labute approximate surface area is 131 Å². The maximum Gasteiger partial charge on any atom is 0.255 e. The van der Waals surface area contributed by atoms with Gasteiger partial charge in [0.2, 0.25) is 0 Å². The molecule has 3 rings (SSSR count). The number of likely N-dealkylation sites (N-methyl/N-ethyl adjacent to an activating group) is 1. The van der Waals surface area contributed by atoms with Gasteiger partial charge in [0.05, 0.1) is 11.6 Å². The Morgan fingerprint density at radius 3 is 2.91 bits per heavy atom. The predicted octanol–water partition coefficient (Wildman–Crippen LogP) is 2.54. The topological polar surface area (TPSA) is 34.5 Å². The highest BCUT2D eigenvalue weighted by Gasteiger charge is 2.19. The largest absolute Gasteiger partial charge is 0.377 e. The molecule has 0 aliphatic carbocycles. The molecule has 1 fully saturated rings. The fraction of sp³-hybridized carbons (Fsp3) is 0.500. The highest BCUT2D eigenvalue weighted by molar-refractivity contribution is 5.79. The lowest BCUT2D eigenvalue weighted by molar-refractivity contribution is 0.0723. The number of nitrogens with zero attached hydrogens (tertiary/aromatic N) is 2. The van der Waals surface area contributed by atoms with Crippen LogP contribution in [0.25, 0.3) is 10.9 Å². The van der Waals surface area contributed by atoms with Gasteiger partial charge in [0, 0.05) is 32.3 Å². The molecule has 4 heteroatoms. The van der Waals surface area contributed by atoms with E-state index in [2.05, 4.69) is 17.9 Å². The van der Waals surface area contributed by atoms with Crippen LogP contribution in [0.5, 0.6) is 0 Å². The van der Waals surface area contributed by atoms with Crippen LogP contribution in [-0.4, -0.2) is 35.3 Å². The van der Waals surface area contributed by atoms with E-state index < -0.39 is 0 Å². The molecule has 1 aliphatic heterocycles. The van der Waals surface area contributed by atoms with Gasteiger partial charge in [-0.1, -0.05) is 25.1 Å². The van der Waals surface area contributed by atoms with Gasteiger partial charge in [0.25, 0.3) is 5.56 Å². The van der Waals surface area contributed by atoms with Gasteiger partial charge in [-0.05, 0) is 36.9 Å². The van der Waals surface area contributed by atoms with Gasteiger partial charge in [0.15, 0.2) is 0 Å². The van der Waals surface area contributed by atoms with Crippen molar-refractivity contribution in [3.8, 4) is 0 Å². The molecule has 0 amide bonds. The van der Waals surface area contributed by atoms with E-state index >= 15 is 0 Å². The average Bonchev–Trinajstić information content (AvgIpc) is 3.04. The molecule has 1 atom stereocenters. The molecule has 0 N–H and O–H groups in total. The van der Waals surface area contributed by atoms with Crippen LogP contribution >= 0.6 is 0 Å². The third-order valence-corrected chi connectivity index (χ3v) is 4.53. The molecular formula is C18H24N2O2. The number of fused-ring (bicyclic) bond motifs is 1. The summed E-state index contributed by atoms with van der Waals surface area (Å²) in [6.07, 6.45) is 2.61. The van der Waals surface area contributed by atoms with E-state index in [0.29, 0.717) is 12.6 Å². The van der Waals surface area contributed by atoms with E-state index in [4.69, 9.17) is 4.74 Å². The summed E-state index contributed by atoms with van der Waals surface area (Å²) in [5.74, 6) is 0. The fourth-order valence-corrected chi connectivity index (χ4v) is 3.23. The van der Waals surface area contributed by atoms with Gasteiger partial charge in [-0.15, -0.1) is 0 Å². The number of pyridine rings is 1. The highest BCUT2D eigenvalue weighted by Crippen LogP contribution is 2.16. The third kappa shape index (κ3) is 3.08. The quantitative estimate of drug-likeness (QED) is 0.851. The summed E-state index contributed by atoms with van der Waals surface area (Å²) in [5.41, 5.74) is 1.95. The Hall–Kier alpha value is -1.65. The first-order chi connectivity index (χ1) is 10.7. The monoisotopic (exact) mass is 300 g/mol. The molecule has 0 bridgehead atoms. The van der Waals surface area contributed by atoms with Gasteiger partial charge < -0.3 is 9.30 Å². The molecule has 2 heterocycles. The van der Waals surface area contributed by atoms with Crippen molar-refractivity contribution in [2.24, 2.45) is 7.05 Å². The molecule has 1 saturated heterocycles. The third-order valence-electron chi connectivity index (χ3n) is 4.53. The van der Waals surface area contributed by atoms with Gasteiger partial charge in [-0.25, -0.2) is 0 Å². The lowest BCUT2D eigenvalue weighted by Gasteiger charge is -2.23. The number of ether oxygens (including phenoxy) is 1. The minimum absolute atomic E-state index is 0.101. The normalized spacial score (nSPS) is 18.4. The number of para-hydroxylation sites is 1. The molecule has 4 nitrogen and oxygen atoms in total. The predicted molar refractivity (Wildman–Crippen MR) is 89.1 cm³/mol. The molecule has 1 unspecified atom stereocenters. The number of aromatic nitrogens is 1. The Morgan fingerprint density at radius 2 is 2.18 bits per heavy atom. The van der Waals surface area contributed by atoms with Crippen molar-refractivity contribution in [3.63, 3.8) is 0 Å². The Morgan fingerprint density at radius 1 is 1.36 bits per heavy atom. The van der Waals surface area contributed by atoms with E-state index in [1.807, 2.05) is 31.3 Å². The molecule has 0 spiro atoms. The van der Waals surface area contributed by atoms with Crippen LogP contribution in [0.4, 0.5) is 0 Å². The first-order valence-electron chi connectivity index (χ1n) is 8.10. The van der Waals surface area contributed by atoms with Crippen LogP contribution in [0.15, 0.2) is 35.1 Å². The van der Waals surface area contributed by atoms with Crippen LogP contribution in [-0.2, 0) is 18.3 Å². The highest BCUT2D eigenvalue weighted by atomic mass is 16.5. The van der Waals surface area contributed by atoms with Gasteiger partial charge in [-0.3, -0.25) is 9.69 Å². The summed E-state index contributed by atoms with van der Waals surface area (Å²) < 4.78 is 7.48. The number of hydrogen-bond donors (Lipinski definition) is 0. The van der Waals surface area contributed by atoms with E-state index in [-0.39, 0.29) is 5.56 Å². The van der Waals surface area contributed by atoms with Crippen molar-refractivity contribution in [2.45, 2.75) is 32.4 Å². The van der Waals surface area contributed by atoms with Crippen molar-refractivity contribution in [3.05, 3.63) is 46.2 Å². The summed E-state index contributed by atoms with van der Waals surface area (Å²) in [6, 6.07) is 10.1. The summed E-state index contributed by atoms with van der Waals surface area (Å²) in [5, 5.41) is 1.12. The lowest BCUT2D eigenvalue weighted by atomic mass is 10.1. The van der Waals surface area contributed by atoms with Crippen LogP contribution in [0, 0.1) is 0 Å². The first kappa shape index (κ1) is 15.3. The lowest BCUT2D eigenvalue weighted by Crippen LogP contribution is -2.34. The fourth-order valence-electron chi connectivity index (χ4n) is 3.23. The summed E-state index contributed by atoms with van der Waals surface area (Å²) in [4.78, 5) is 14.9. The SMILES string of the molecule is CCN(Cc1cc2ccccc2n(C)c1=O)CC1CCCO1. The molecule has 0 saturated carbocycles. The second-order valence-corrected chi connectivity index (χ2v) is 6.06. The van der Waals surface area contributed by atoms with Crippen molar-refractivity contribution < 1.29 is 4.74 Å². The van der Waals surface area contributed by atoms with E-state index in [0.717, 1.165) is 49.0 Å². The van der Waals surface area contributed by atoms with Crippen LogP contribution < -0.4 is 5.56 Å². The number of rotatable bonds is 5. The first-order valence-corrected chi connectivity index (χ1v) is 8.10. The molecule has 2 aromatic rings. The van der Waals surface area contributed by atoms with Crippen molar-refractivity contribution in [1.82, 2.24) is 9.47 Å². The van der Waals surface area contributed by atoms with Gasteiger partial charge in [0.1, 0.15) is 0 Å². The van der Waals surface area contributed by atoms with Crippen LogP contribution in [0.2, 0.25) is 0 Å². The standard InChI is InChI=1S/C18H24N2O2/c1-3-20(13-16-8-6-10-22-16)12-15-11-14-7-4-5-9-17(14)19(2)18(15)21/h4-5,7,9,11,16H,3,6,8,10,12-13H2,1-2H3. The summed E-state index contributed by atoms with van der Waals surface area (Å²) >= 11 is 0. The summed E-state index contributed by atoms with van der Waals surface area (Å²) in [6.45, 7) is 5.54. The number of hydrogen-bond acceptors (Lipinski definition) is 3. The van der Waals surface area contributed by atoms with Gasteiger partial charge >= 0.3 is 0 Å². The number of aryl methyl sites for hydroxylation is 1. The van der Waals surface area contributed by atoms with E-state index in [1.165, 1.54) is 0 Å². The Kier molecular flexibility index (Phi) is 4.60. The molecule has 118 valence electrons. The minimum Gasteiger partial charge on any atom is -0.377 e. The molecule has 1 aromatic carbocycles. The van der Waals surface area contributed by atoms with E-state index in [9.17, 15) is 4.79 Å². The van der Waals surface area contributed by atoms with Crippen LogP contribution in [0.3, 0.4) is 0 Å². The zero-order valence-corrected chi connectivity index (χ0v) is 13.4. The Bertz CT molecular complexity index is 702. The second kappa shape index (κ2) is 6.63. The minimum atomic E-state index is 0.101. The second-order valence-electron chi connectivity index (χ2n) is 6.06. The average molecular weight is 300 g/mol. The maximum atomic E-state index is 12.6. The van der Waals surface area contributed by atoms with Crippen LogP contribution in [0.1, 0.15) is 25.3 Å². The molecular weight excluding hydrogens is 276 g/mol. The van der Waals surface area contributed by atoms with Gasteiger partial charge in [-0.2, -0.15) is 0 Å². The molecule has 1 aliphatic rings. The smallest absolute Gasteiger partial charge is 0.255 e. The molecule has 22 heavy (non-hydrogen) atoms. The maximum absolute atomic E-state index is 12.6. The summed E-state index contributed by atoms with van der Waals surface area (Å²) in [7, 11) is 1.85. The zero-order valence-electron chi connectivity index (χ0n) is 13.4. The van der Waals surface area contributed by atoms with Crippen molar-refractivity contribution in [2.75, 3.05) is 19.7 Å². The van der Waals surface area contributed by atoms with Crippen molar-refractivity contribution in [1.29, 1.82) is 0 Å². The Balaban J connectivity index is 1.85. The molecule has 0 radical (unpaired) electrons. The zero-order chi connectivity index (χ0) is 15.5. The van der Waals surface area contributed by atoms with Crippen molar-refractivity contribution >= 4 is 10.9 Å². The molecule has 1 aromatic heterocycles. The van der Waals surface area contributed by atoms with E-state index in [1.54, 1.807) is 4.57 Å².